The Hall–Kier alpha value is -2.56. The fourth-order valence-corrected chi connectivity index (χ4v) is 1.75. The fraction of sp³-hybridized carbons (Fsp3) is 0.0769. The molecule has 2 aromatic carbocycles. The van der Waals surface area contributed by atoms with Crippen LogP contribution in [-0.4, -0.2) is 19.4 Å². The van der Waals surface area contributed by atoms with Crippen LogP contribution in [0.4, 0.5) is 4.79 Å². The Morgan fingerprint density at radius 2 is 2.11 bits per heavy atom. The van der Waals surface area contributed by atoms with Crippen LogP contribution >= 0.6 is 0 Å². The van der Waals surface area contributed by atoms with Gasteiger partial charge in [-0.1, -0.05) is 30.3 Å². The molecular weight excluding hydrogens is 230 g/mol. The van der Waals surface area contributed by atoms with Crippen molar-refractivity contribution in [1.82, 2.24) is 5.43 Å². The summed E-state index contributed by atoms with van der Waals surface area (Å²) < 4.78 is 5.28. The topological polar surface area (TPSA) is 76.7 Å². The van der Waals surface area contributed by atoms with Crippen LogP contribution < -0.4 is 15.9 Å². The van der Waals surface area contributed by atoms with Gasteiger partial charge in [-0.15, -0.1) is 0 Å². The summed E-state index contributed by atoms with van der Waals surface area (Å²) in [7, 11) is 1.59. The van der Waals surface area contributed by atoms with Gasteiger partial charge in [-0.2, -0.15) is 5.10 Å². The summed E-state index contributed by atoms with van der Waals surface area (Å²) in [4.78, 5) is 10.6. The summed E-state index contributed by atoms with van der Waals surface area (Å²) in [6, 6.07) is 11.0. The van der Waals surface area contributed by atoms with Crippen LogP contribution in [0.1, 0.15) is 5.56 Å². The molecule has 0 bridgehead atoms. The van der Waals surface area contributed by atoms with Crippen LogP contribution in [0.2, 0.25) is 0 Å². The second-order valence-corrected chi connectivity index (χ2v) is 3.64. The molecule has 0 aliphatic heterocycles. The minimum Gasteiger partial charge on any atom is -0.496 e. The number of primary amides is 1. The number of fused-ring (bicyclic) bond motifs is 1. The molecule has 0 unspecified atom stereocenters. The van der Waals surface area contributed by atoms with Gasteiger partial charge in [0.05, 0.1) is 13.3 Å². The summed E-state index contributed by atoms with van der Waals surface area (Å²) >= 11 is 0. The Kier molecular flexibility index (Phi) is 3.43. The normalized spacial score (nSPS) is 10.7. The number of rotatable bonds is 3. The summed E-state index contributed by atoms with van der Waals surface area (Å²) in [6.07, 6.45) is 1.52. The van der Waals surface area contributed by atoms with Crippen molar-refractivity contribution < 1.29 is 9.53 Å². The van der Waals surface area contributed by atoms with E-state index >= 15 is 0 Å². The number of ether oxygens (including phenoxy) is 1. The highest BCUT2D eigenvalue weighted by Crippen LogP contribution is 2.26. The number of benzene rings is 2. The Bertz CT molecular complexity index is 608. The first kappa shape index (κ1) is 11.9. The number of amides is 2. The Labute approximate surface area is 104 Å². The van der Waals surface area contributed by atoms with E-state index in [2.05, 4.69) is 10.5 Å². The number of hydrogen-bond acceptors (Lipinski definition) is 3. The summed E-state index contributed by atoms with van der Waals surface area (Å²) in [5.41, 5.74) is 7.90. The molecular formula is C13H13N3O2. The molecule has 3 N–H and O–H groups in total. The fourth-order valence-electron chi connectivity index (χ4n) is 1.75. The molecule has 5 heteroatoms. The van der Waals surface area contributed by atoms with E-state index < -0.39 is 6.03 Å². The van der Waals surface area contributed by atoms with Crippen LogP contribution in [0.25, 0.3) is 10.8 Å². The average molecular weight is 243 g/mol. The van der Waals surface area contributed by atoms with Crippen molar-refractivity contribution in [3.05, 3.63) is 42.0 Å². The van der Waals surface area contributed by atoms with Crippen molar-refractivity contribution in [3.63, 3.8) is 0 Å². The van der Waals surface area contributed by atoms with E-state index in [1.165, 1.54) is 6.21 Å². The van der Waals surface area contributed by atoms with Gasteiger partial charge < -0.3 is 10.5 Å². The van der Waals surface area contributed by atoms with E-state index in [1.54, 1.807) is 7.11 Å². The minimum atomic E-state index is -0.703. The zero-order valence-electron chi connectivity index (χ0n) is 9.88. The molecule has 0 saturated heterocycles. The maximum Gasteiger partial charge on any atom is 0.332 e. The number of urea groups is 1. The molecule has 18 heavy (non-hydrogen) atoms. The minimum absolute atomic E-state index is 0.684. The maximum atomic E-state index is 10.6. The van der Waals surface area contributed by atoms with Crippen LogP contribution in [0.3, 0.4) is 0 Å². The molecule has 0 fully saturated rings. The molecule has 2 aromatic rings. The quantitative estimate of drug-likeness (QED) is 0.637. The number of nitrogens with zero attached hydrogens (tertiary/aromatic N) is 1. The number of nitrogens with two attached hydrogens (primary N) is 1. The molecule has 0 aromatic heterocycles. The van der Waals surface area contributed by atoms with E-state index in [9.17, 15) is 4.79 Å². The zero-order valence-corrected chi connectivity index (χ0v) is 9.88. The number of carbonyl (C=O) groups excluding carboxylic acids is 1. The number of methoxy groups -OCH3 is 1. The molecule has 5 nitrogen and oxygen atoms in total. The molecule has 92 valence electrons. The van der Waals surface area contributed by atoms with E-state index in [4.69, 9.17) is 10.5 Å². The van der Waals surface area contributed by atoms with Crippen molar-refractivity contribution in [2.75, 3.05) is 7.11 Å². The van der Waals surface area contributed by atoms with Gasteiger partial charge in [0, 0.05) is 5.56 Å². The molecule has 0 saturated carbocycles. The first-order valence-electron chi connectivity index (χ1n) is 5.36. The predicted molar refractivity (Wildman–Crippen MR) is 70.8 cm³/mol. The highest BCUT2D eigenvalue weighted by molar-refractivity contribution is 6.02. The van der Waals surface area contributed by atoms with Crippen LogP contribution in [0, 0.1) is 0 Å². The monoisotopic (exact) mass is 243 g/mol. The number of hydrazone groups is 1. The van der Waals surface area contributed by atoms with Crippen LogP contribution in [-0.2, 0) is 0 Å². The number of hydrogen-bond donors (Lipinski definition) is 2. The van der Waals surface area contributed by atoms with E-state index in [1.807, 2.05) is 36.4 Å². The lowest BCUT2D eigenvalue weighted by Crippen LogP contribution is -2.24. The third-order valence-corrected chi connectivity index (χ3v) is 2.52. The first-order chi connectivity index (χ1) is 8.72. The lowest BCUT2D eigenvalue weighted by atomic mass is 10.0. The van der Waals surface area contributed by atoms with Crippen LogP contribution in [0.15, 0.2) is 41.5 Å². The Morgan fingerprint density at radius 1 is 1.33 bits per heavy atom. The number of carbonyl (C=O) groups is 1. The summed E-state index contributed by atoms with van der Waals surface area (Å²) in [5.74, 6) is 0.684. The predicted octanol–water partition coefficient (Wildman–Crippen LogP) is 1.85. The summed E-state index contributed by atoms with van der Waals surface area (Å²) in [6.45, 7) is 0. The van der Waals surface area contributed by atoms with Gasteiger partial charge in [0.2, 0.25) is 0 Å². The third-order valence-electron chi connectivity index (χ3n) is 2.52. The molecule has 0 aliphatic carbocycles. The highest BCUT2D eigenvalue weighted by Gasteiger charge is 2.05. The van der Waals surface area contributed by atoms with Crippen LogP contribution in [0.5, 0.6) is 5.75 Å². The van der Waals surface area contributed by atoms with Gasteiger partial charge in [0.25, 0.3) is 0 Å². The molecule has 0 atom stereocenters. The van der Waals surface area contributed by atoms with E-state index in [-0.39, 0.29) is 0 Å². The summed E-state index contributed by atoms with van der Waals surface area (Å²) in [5, 5.41) is 5.83. The molecule has 0 radical (unpaired) electrons. The van der Waals surface area contributed by atoms with E-state index in [0.29, 0.717) is 5.75 Å². The SMILES string of the molecule is COc1ccc2ccccc2c1/C=N/NC(N)=O. The maximum absolute atomic E-state index is 10.6. The second kappa shape index (κ2) is 5.18. The first-order valence-corrected chi connectivity index (χ1v) is 5.36. The molecule has 2 amide bonds. The van der Waals surface area contributed by atoms with Gasteiger partial charge >= 0.3 is 6.03 Å². The van der Waals surface area contributed by atoms with Crippen molar-refractivity contribution in [1.29, 1.82) is 0 Å². The molecule has 0 spiro atoms. The molecule has 0 heterocycles. The van der Waals surface area contributed by atoms with Gasteiger partial charge in [0.15, 0.2) is 0 Å². The van der Waals surface area contributed by atoms with Gasteiger partial charge in [-0.3, -0.25) is 0 Å². The Morgan fingerprint density at radius 3 is 2.83 bits per heavy atom. The van der Waals surface area contributed by atoms with Gasteiger partial charge in [-0.25, -0.2) is 10.2 Å². The third kappa shape index (κ3) is 2.40. The average Bonchev–Trinajstić information content (AvgIpc) is 2.38. The lowest BCUT2D eigenvalue weighted by Gasteiger charge is -2.08. The smallest absolute Gasteiger partial charge is 0.332 e. The highest BCUT2D eigenvalue weighted by atomic mass is 16.5. The van der Waals surface area contributed by atoms with Gasteiger partial charge in [0.1, 0.15) is 5.75 Å². The van der Waals surface area contributed by atoms with E-state index in [0.717, 1.165) is 16.3 Å². The van der Waals surface area contributed by atoms with Crippen molar-refractivity contribution in [3.8, 4) is 5.75 Å². The Balaban J connectivity index is 2.51. The standard InChI is InChI=1S/C13H13N3O2/c1-18-12-7-6-9-4-2-3-5-10(9)11(12)8-15-16-13(14)17/h2-8H,1H3,(H3,14,16,17)/b15-8+. The zero-order chi connectivity index (χ0) is 13.0. The largest absolute Gasteiger partial charge is 0.496 e. The van der Waals surface area contributed by atoms with Crippen molar-refractivity contribution >= 4 is 23.0 Å². The number of nitrogens with one attached hydrogen (secondary N) is 1. The van der Waals surface area contributed by atoms with Crippen molar-refractivity contribution in [2.45, 2.75) is 0 Å². The van der Waals surface area contributed by atoms with Gasteiger partial charge in [-0.05, 0) is 16.8 Å². The second-order valence-electron chi connectivity index (χ2n) is 3.64. The molecule has 0 aliphatic rings. The van der Waals surface area contributed by atoms with Crippen molar-refractivity contribution in [2.24, 2.45) is 10.8 Å². The molecule has 2 rings (SSSR count). The lowest BCUT2D eigenvalue weighted by molar-refractivity contribution is 0.249.